The van der Waals surface area contributed by atoms with Crippen molar-refractivity contribution in [2.75, 3.05) is 5.32 Å². The van der Waals surface area contributed by atoms with Gasteiger partial charge in [0, 0.05) is 11.3 Å². The van der Waals surface area contributed by atoms with Crippen molar-refractivity contribution in [3.05, 3.63) is 95.3 Å². The summed E-state index contributed by atoms with van der Waals surface area (Å²) in [7, 11) is 0. The van der Waals surface area contributed by atoms with Crippen molar-refractivity contribution in [3.63, 3.8) is 0 Å². The molecule has 0 fully saturated rings. The van der Waals surface area contributed by atoms with Crippen LogP contribution in [0.5, 0.6) is 5.75 Å². The molecule has 5 nitrogen and oxygen atoms in total. The third-order valence-corrected chi connectivity index (χ3v) is 3.80. The van der Waals surface area contributed by atoms with Crippen molar-refractivity contribution < 1.29 is 23.8 Å². The molecule has 0 atom stereocenters. The zero-order valence-electron chi connectivity index (χ0n) is 14.2. The van der Waals surface area contributed by atoms with E-state index in [1.54, 1.807) is 48.5 Å². The minimum absolute atomic E-state index is 0.0948. The lowest BCUT2D eigenvalue weighted by Crippen LogP contribution is -2.12. The van der Waals surface area contributed by atoms with Crippen LogP contribution in [0.1, 0.15) is 26.3 Å². The fourth-order valence-corrected chi connectivity index (χ4v) is 2.38. The van der Waals surface area contributed by atoms with E-state index < -0.39 is 5.97 Å². The molecule has 0 aliphatic rings. The molecule has 0 aromatic heterocycles. The Balaban J connectivity index is 1.60. The standard InChI is InChI=1S/C21H16FNO4/c22-17-8-4-14(5-9-17)13-27-19-10-6-15(7-11-19)20(24)23-18-3-1-2-16(12-18)21(25)26/h1-12H,13H2,(H,23,24)(H,25,26). The van der Waals surface area contributed by atoms with Gasteiger partial charge in [-0.15, -0.1) is 0 Å². The molecule has 0 heterocycles. The Bertz CT molecular complexity index is 953. The van der Waals surface area contributed by atoms with Crippen LogP contribution in [0.15, 0.2) is 72.8 Å². The number of hydrogen-bond acceptors (Lipinski definition) is 3. The summed E-state index contributed by atoms with van der Waals surface area (Å²) >= 11 is 0. The van der Waals surface area contributed by atoms with Crippen molar-refractivity contribution in [1.82, 2.24) is 0 Å². The van der Waals surface area contributed by atoms with Crippen molar-refractivity contribution in [2.45, 2.75) is 6.61 Å². The molecule has 27 heavy (non-hydrogen) atoms. The van der Waals surface area contributed by atoms with Crippen LogP contribution < -0.4 is 10.1 Å². The first-order chi connectivity index (χ1) is 13.0. The fourth-order valence-electron chi connectivity index (χ4n) is 2.38. The van der Waals surface area contributed by atoms with Crippen LogP contribution in [0.2, 0.25) is 0 Å². The van der Waals surface area contributed by atoms with Crippen molar-refractivity contribution in [2.24, 2.45) is 0 Å². The van der Waals surface area contributed by atoms with Crippen LogP contribution in [0.4, 0.5) is 10.1 Å². The molecule has 3 aromatic rings. The van der Waals surface area contributed by atoms with Gasteiger partial charge in [-0.25, -0.2) is 9.18 Å². The SMILES string of the molecule is O=C(O)c1cccc(NC(=O)c2ccc(OCc3ccc(F)cc3)cc2)c1. The van der Waals surface area contributed by atoms with Gasteiger partial charge in [0.15, 0.2) is 0 Å². The summed E-state index contributed by atoms with van der Waals surface area (Å²) in [5, 5.41) is 11.6. The molecular weight excluding hydrogens is 349 g/mol. The zero-order valence-corrected chi connectivity index (χ0v) is 14.2. The molecule has 0 spiro atoms. The summed E-state index contributed by atoms with van der Waals surface area (Å²) in [5.74, 6) is -1.15. The van der Waals surface area contributed by atoms with Gasteiger partial charge in [0.2, 0.25) is 0 Å². The minimum Gasteiger partial charge on any atom is -0.489 e. The molecule has 0 bridgehead atoms. The van der Waals surface area contributed by atoms with Gasteiger partial charge in [-0.3, -0.25) is 4.79 Å². The Hall–Kier alpha value is -3.67. The van der Waals surface area contributed by atoms with Crippen LogP contribution in [0, 0.1) is 5.82 Å². The van der Waals surface area contributed by atoms with E-state index in [-0.39, 0.29) is 23.9 Å². The van der Waals surface area contributed by atoms with Crippen LogP contribution in [0.25, 0.3) is 0 Å². The normalized spacial score (nSPS) is 10.3. The maximum absolute atomic E-state index is 12.9. The highest BCUT2D eigenvalue weighted by Crippen LogP contribution is 2.17. The van der Waals surface area contributed by atoms with E-state index in [1.165, 1.54) is 24.3 Å². The van der Waals surface area contributed by atoms with Crippen molar-refractivity contribution in [1.29, 1.82) is 0 Å². The molecule has 0 radical (unpaired) electrons. The lowest BCUT2D eigenvalue weighted by Gasteiger charge is -2.09. The number of nitrogens with one attached hydrogen (secondary N) is 1. The second-order valence-electron chi connectivity index (χ2n) is 5.78. The highest BCUT2D eigenvalue weighted by molar-refractivity contribution is 6.04. The van der Waals surface area contributed by atoms with E-state index >= 15 is 0 Å². The van der Waals surface area contributed by atoms with E-state index in [9.17, 15) is 14.0 Å². The molecule has 3 rings (SSSR count). The summed E-state index contributed by atoms with van der Waals surface area (Å²) in [6, 6.07) is 18.6. The summed E-state index contributed by atoms with van der Waals surface area (Å²) < 4.78 is 18.5. The smallest absolute Gasteiger partial charge is 0.335 e. The monoisotopic (exact) mass is 365 g/mol. The number of carboxylic acids is 1. The first-order valence-corrected chi connectivity index (χ1v) is 8.13. The summed E-state index contributed by atoms with van der Waals surface area (Å²) in [4.78, 5) is 23.3. The van der Waals surface area contributed by atoms with E-state index in [1.807, 2.05) is 0 Å². The highest BCUT2D eigenvalue weighted by atomic mass is 19.1. The van der Waals surface area contributed by atoms with Gasteiger partial charge in [0.1, 0.15) is 18.2 Å². The van der Waals surface area contributed by atoms with E-state index in [2.05, 4.69) is 5.32 Å². The van der Waals surface area contributed by atoms with Gasteiger partial charge in [-0.2, -0.15) is 0 Å². The number of carbonyl (C=O) groups is 2. The Morgan fingerprint density at radius 1 is 0.926 bits per heavy atom. The molecule has 0 saturated carbocycles. The van der Waals surface area contributed by atoms with Crippen molar-refractivity contribution >= 4 is 17.6 Å². The predicted molar refractivity (Wildman–Crippen MR) is 98.5 cm³/mol. The molecule has 136 valence electrons. The highest BCUT2D eigenvalue weighted by Gasteiger charge is 2.09. The van der Waals surface area contributed by atoms with Gasteiger partial charge in [0.25, 0.3) is 5.91 Å². The average molecular weight is 365 g/mol. The zero-order chi connectivity index (χ0) is 19.2. The maximum atomic E-state index is 12.9. The number of ether oxygens (including phenoxy) is 1. The maximum Gasteiger partial charge on any atom is 0.335 e. The number of halogens is 1. The molecule has 3 aromatic carbocycles. The van der Waals surface area contributed by atoms with Gasteiger partial charge >= 0.3 is 5.97 Å². The lowest BCUT2D eigenvalue weighted by atomic mass is 10.1. The Kier molecular flexibility index (Phi) is 5.47. The van der Waals surface area contributed by atoms with Crippen molar-refractivity contribution in [3.8, 4) is 5.75 Å². The number of hydrogen-bond donors (Lipinski definition) is 2. The molecule has 0 unspecified atom stereocenters. The molecule has 1 amide bonds. The third-order valence-electron chi connectivity index (χ3n) is 3.80. The first-order valence-electron chi connectivity index (χ1n) is 8.13. The fraction of sp³-hybridized carbons (Fsp3) is 0.0476. The summed E-state index contributed by atoms with van der Waals surface area (Å²) in [6.07, 6.45) is 0. The van der Waals surface area contributed by atoms with Gasteiger partial charge in [0.05, 0.1) is 5.56 Å². The minimum atomic E-state index is -1.06. The van der Waals surface area contributed by atoms with Crippen LogP contribution in [-0.2, 0) is 6.61 Å². The number of anilines is 1. The van der Waals surface area contributed by atoms with E-state index in [0.29, 0.717) is 17.0 Å². The van der Waals surface area contributed by atoms with Crippen LogP contribution in [0.3, 0.4) is 0 Å². The predicted octanol–water partition coefficient (Wildman–Crippen LogP) is 4.36. The number of rotatable bonds is 6. The molecule has 0 aliphatic carbocycles. The van der Waals surface area contributed by atoms with Crippen LogP contribution >= 0.6 is 0 Å². The van der Waals surface area contributed by atoms with Gasteiger partial charge in [-0.1, -0.05) is 18.2 Å². The Morgan fingerprint density at radius 2 is 1.63 bits per heavy atom. The molecule has 0 aliphatic heterocycles. The summed E-state index contributed by atoms with van der Waals surface area (Å²) in [5.41, 5.74) is 1.73. The van der Waals surface area contributed by atoms with Crippen LogP contribution in [-0.4, -0.2) is 17.0 Å². The number of aromatic carboxylic acids is 1. The van der Waals surface area contributed by atoms with E-state index in [0.717, 1.165) is 5.56 Å². The quantitative estimate of drug-likeness (QED) is 0.681. The topological polar surface area (TPSA) is 75.6 Å². The third kappa shape index (κ3) is 4.92. The average Bonchev–Trinajstić information content (AvgIpc) is 2.68. The number of carbonyl (C=O) groups excluding carboxylic acids is 1. The lowest BCUT2D eigenvalue weighted by molar-refractivity contribution is 0.0696. The second kappa shape index (κ2) is 8.14. The molecule has 2 N–H and O–H groups in total. The number of benzene rings is 3. The van der Waals surface area contributed by atoms with E-state index in [4.69, 9.17) is 9.84 Å². The molecule has 6 heteroatoms. The first kappa shape index (κ1) is 18.1. The number of amides is 1. The molecule has 0 saturated heterocycles. The largest absolute Gasteiger partial charge is 0.489 e. The Labute approximate surface area is 155 Å². The molecular formula is C21H16FNO4. The number of carboxylic acid groups (broad SMARTS) is 1. The van der Waals surface area contributed by atoms with Gasteiger partial charge < -0.3 is 15.2 Å². The second-order valence-corrected chi connectivity index (χ2v) is 5.78. The van der Waals surface area contributed by atoms with Gasteiger partial charge in [-0.05, 0) is 60.2 Å². The Morgan fingerprint density at radius 3 is 2.30 bits per heavy atom. The summed E-state index contributed by atoms with van der Waals surface area (Å²) in [6.45, 7) is 0.286.